The molecule has 2 N–H and O–H groups in total. The molecule has 1 aliphatic heterocycles. The number of amides is 1. The maximum Gasteiger partial charge on any atom is 0.250 e. The Hall–Kier alpha value is -1.90. The summed E-state index contributed by atoms with van der Waals surface area (Å²) in [5, 5.41) is 8.66. The monoisotopic (exact) mass is 305 g/mol. The van der Waals surface area contributed by atoms with Gasteiger partial charge in [0.2, 0.25) is 0 Å². The molecule has 2 aromatic rings. The number of carbonyl (C=O) groups is 1. The molecule has 0 aromatic carbocycles. The third-order valence-electron chi connectivity index (χ3n) is 3.00. The first kappa shape index (κ1) is 14.1. The lowest BCUT2D eigenvalue weighted by Crippen LogP contribution is -2.47. The molecule has 3 heterocycles. The summed E-state index contributed by atoms with van der Waals surface area (Å²) in [6.45, 7) is 2.28. The molecular formula is C13H15N5O2S. The number of ether oxygens (including phenoxy) is 1. The van der Waals surface area contributed by atoms with Gasteiger partial charge in [0.15, 0.2) is 0 Å². The Kier molecular flexibility index (Phi) is 4.49. The van der Waals surface area contributed by atoms with Crippen LogP contribution >= 0.6 is 11.3 Å². The van der Waals surface area contributed by atoms with E-state index in [9.17, 15) is 4.79 Å². The van der Waals surface area contributed by atoms with Crippen molar-refractivity contribution in [3.05, 3.63) is 29.7 Å². The van der Waals surface area contributed by atoms with E-state index < -0.39 is 6.10 Å². The van der Waals surface area contributed by atoms with Crippen molar-refractivity contribution in [1.29, 1.82) is 0 Å². The smallest absolute Gasteiger partial charge is 0.250 e. The second kappa shape index (κ2) is 6.70. The van der Waals surface area contributed by atoms with Crippen molar-refractivity contribution >= 4 is 17.2 Å². The van der Waals surface area contributed by atoms with Crippen molar-refractivity contribution < 1.29 is 9.53 Å². The maximum atomic E-state index is 11.9. The minimum absolute atomic E-state index is 0.115. The number of hydrogen-bond donors (Lipinski definition) is 2. The van der Waals surface area contributed by atoms with Gasteiger partial charge in [-0.25, -0.2) is 4.98 Å². The van der Waals surface area contributed by atoms with Gasteiger partial charge in [0.25, 0.3) is 5.91 Å². The van der Waals surface area contributed by atoms with Gasteiger partial charge in [0.05, 0.1) is 25.0 Å². The van der Waals surface area contributed by atoms with E-state index in [0.29, 0.717) is 19.7 Å². The second-order valence-corrected chi connectivity index (χ2v) is 5.37. The summed E-state index contributed by atoms with van der Waals surface area (Å²) < 4.78 is 5.39. The fourth-order valence-corrected chi connectivity index (χ4v) is 2.72. The molecule has 7 nitrogen and oxygen atoms in total. The van der Waals surface area contributed by atoms with Gasteiger partial charge in [-0.15, -0.1) is 11.3 Å². The lowest BCUT2D eigenvalue weighted by atomic mass is 10.3. The Bertz CT molecular complexity index is 598. The van der Waals surface area contributed by atoms with E-state index in [4.69, 9.17) is 4.74 Å². The molecule has 1 aliphatic rings. The molecule has 0 radical (unpaired) electrons. The van der Waals surface area contributed by atoms with Crippen molar-refractivity contribution in [3.63, 3.8) is 0 Å². The van der Waals surface area contributed by atoms with Crippen molar-refractivity contribution in [3.8, 4) is 10.7 Å². The first-order valence-corrected chi connectivity index (χ1v) is 7.52. The van der Waals surface area contributed by atoms with Crippen molar-refractivity contribution in [2.45, 2.75) is 12.6 Å². The molecule has 3 rings (SSSR count). The number of aromatic nitrogens is 3. The zero-order chi connectivity index (χ0) is 14.5. The Morgan fingerprint density at radius 3 is 3.24 bits per heavy atom. The first-order valence-electron chi connectivity index (χ1n) is 6.64. The summed E-state index contributed by atoms with van der Waals surface area (Å²) in [6, 6.07) is 0. The van der Waals surface area contributed by atoms with Crippen LogP contribution in [0.1, 0.15) is 5.69 Å². The highest BCUT2D eigenvalue weighted by Crippen LogP contribution is 2.20. The number of morpholine rings is 1. The average Bonchev–Trinajstić information content (AvgIpc) is 3.03. The molecule has 1 amide bonds. The highest BCUT2D eigenvalue weighted by Gasteiger charge is 2.21. The minimum Gasteiger partial charge on any atom is -0.366 e. The summed E-state index contributed by atoms with van der Waals surface area (Å²) in [5.41, 5.74) is 1.54. The number of carbonyl (C=O) groups excluding carboxylic acids is 1. The van der Waals surface area contributed by atoms with Gasteiger partial charge < -0.3 is 15.4 Å². The molecule has 0 bridgehead atoms. The van der Waals surface area contributed by atoms with Crippen LogP contribution < -0.4 is 10.6 Å². The van der Waals surface area contributed by atoms with Crippen LogP contribution in [-0.2, 0) is 16.1 Å². The van der Waals surface area contributed by atoms with Crippen LogP contribution in [-0.4, -0.2) is 46.7 Å². The van der Waals surface area contributed by atoms with Crippen LogP contribution in [0.25, 0.3) is 10.7 Å². The fraction of sp³-hybridized carbons (Fsp3) is 0.385. The van der Waals surface area contributed by atoms with Gasteiger partial charge in [-0.2, -0.15) is 0 Å². The minimum atomic E-state index is -0.420. The maximum absolute atomic E-state index is 11.9. The number of nitrogens with one attached hydrogen (secondary N) is 2. The molecule has 2 aromatic heterocycles. The van der Waals surface area contributed by atoms with Crippen molar-refractivity contribution in [2.75, 3.05) is 19.7 Å². The molecule has 1 atom stereocenters. The normalized spacial score (nSPS) is 18.4. The molecule has 8 heteroatoms. The van der Waals surface area contributed by atoms with Crippen LogP contribution in [0.15, 0.2) is 24.0 Å². The number of nitrogens with zero attached hydrogens (tertiary/aromatic N) is 3. The first-order chi connectivity index (χ1) is 10.3. The van der Waals surface area contributed by atoms with Gasteiger partial charge in [0, 0.05) is 30.9 Å². The van der Waals surface area contributed by atoms with Gasteiger partial charge in [-0.3, -0.25) is 14.8 Å². The van der Waals surface area contributed by atoms with Gasteiger partial charge in [-0.05, 0) is 0 Å². The third kappa shape index (κ3) is 3.60. The topological polar surface area (TPSA) is 89.0 Å². The molecule has 110 valence electrons. The highest BCUT2D eigenvalue weighted by molar-refractivity contribution is 7.13. The summed E-state index contributed by atoms with van der Waals surface area (Å²) in [5.74, 6) is -0.115. The van der Waals surface area contributed by atoms with Gasteiger partial charge in [0.1, 0.15) is 16.8 Å². The van der Waals surface area contributed by atoms with E-state index in [1.807, 2.05) is 5.38 Å². The third-order valence-corrected chi connectivity index (χ3v) is 3.91. The molecule has 0 aliphatic carbocycles. The van der Waals surface area contributed by atoms with Gasteiger partial charge >= 0.3 is 0 Å². The molecule has 0 saturated carbocycles. The van der Waals surface area contributed by atoms with E-state index in [1.54, 1.807) is 18.6 Å². The predicted octanol–water partition coefficient (Wildman–Crippen LogP) is 0.205. The van der Waals surface area contributed by atoms with Gasteiger partial charge in [-0.1, -0.05) is 0 Å². The van der Waals surface area contributed by atoms with Crippen LogP contribution in [0.5, 0.6) is 0 Å². The summed E-state index contributed by atoms with van der Waals surface area (Å²) in [4.78, 5) is 24.6. The lowest BCUT2D eigenvalue weighted by Gasteiger charge is -2.22. The largest absolute Gasteiger partial charge is 0.366 e. The van der Waals surface area contributed by atoms with E-state index in [0.717, 1.165) is 22.9 Å². The summed E-state index contributed by atoms with van der Waals surface area (Å²) >= 11 is 1.48. The molecule has 1 fully saturated rings. The number of thiazole rings is 1. The zero-order valence-electron chi connectivity index (χ0n) is 11.3. The van der Waals surface area contributed by atoms with Crippen molar-refractivity contribution in [2.24, 2.45) is 0 Å². The van der Waals surface area contributed by atoms with Crippen LogP contribution in [0.3, 0.4) is 0 Å². The molecular weight excluding hydrogens is 290 g/mol. The Morgan fingerprint density at radius 1 is 1.52 bits per heavy atom. The average molecular weight is 305 g/mol. The Balaban J connectivity index is 1.56. The van der Waals surface area contributed by atoms with Crippen LogP contribution in [0, 0.1) is 0 Å². The quantitative estimate of drug-likeness (QED) is 0.839. The standard InChI is InChI=1S/C13H15N5O2S/c19-12(11-7-15-3-4-20-11)17-5-9-8-21-13(18-9)10-6-14-1-2-16-10/h1-2,6,8,11,15H,3-5,7H2,(H,17,19). The van der Waals surface area contributed by atoms with Crippen LogP contribution in [0.4, 0.5) is 0 Å². The Labute approximate surface area is 125 Å². The molecule has 1 saturated heterocycles. The fourth-order valence-electron chi connectivity index (χ4n) is 1.94. The summed E-state index contributed by atoms with van der Waals surface area (Å²) in [6.07, 6.45) is 4.50. The van der Waals surface area contributed by atoms with Crippen LogP contribution in [0.2, 0.25) is 0 Å². The number of hydrogen-bond acceptors (Lipinski definition) is 7. The molecule has 0 spiro atoms. The predicted molar refractivity (Wildman–Crippen MR) is 77.6 cm³/mol. The van der Waals surface area contributed by atoms with E-state index in [-0.39, 0.29) is 5.91 Å². The van der Waals surface area contributed by atoms with Crippen molar-refractivity contribution in [1.82, 2.24) is 25.6 Å². The summed E-state index contributed by atoms with van der Waals surface area (Å²) in [7, 11) is 0. The van der Waals surface area contributed by atoms with E-state index in [1.165, 1.54) is 11.3 Å². The SMILES string of the molecule is O=C(NCc1csc(-c2cnccn2)n1)C1CNCCO1. The Morgan fingerprint density at radius 2 is 2.48 bits per heavy atom. The lowest BCUT2D eigenvalue weighted by molar-refractivity contribution is -0.134. The van der Waals surface area contributed by atoms with E-state index >= 15 is 0 Å². The molecule has 1 unspecified atom stereocenters. The van der Waals surface area contributed by atoms with E-state index in [2.05, 4.69) is 25.6 Å². The number of rotatable bonds is 4. The second-order valence-electron chi connectivity index (χ2n) is 4.52. The molecule has 21 heavy (non-hydrogen) atoms. The zero-order valence-corrected chi connectivity index (χ0v) is 12.1. The highest BCUT2D eigenvalue weighted by atomic mass is 32.1.